The monoisotopic (exact) mass is 213 g/mol. The number of thiazole rings is 1. The van der Waals surface area contributed by atoms with E-state index in [0.717, 1.165) is 10.7 Å². The maximum atomic E-state index is 11.0. The second kappa shape index (κ2) is 4.52. The first-order valence-electron chi connectivity index (χ1n) is 4.48. The number of hydrogen-bond acceptors (Lipinski definition) is 4. The van der Waals surface area contributed by atoms with Crippen LogP contribution in [0.5, 0.6) is 0 Å². The number of aryl methyl sites for hydroxylation is 2. The lowest BCUT2D eigenvalue weighted by atomic mass is 10.3. The fourth-order valence-corrected chi connectivity index (χ4v) is 1.97. The summed E-state index contributed by atoms with van der Waals surface area (Å²) in [4.78, 5) is 16.6. The normalized spacial score (nSPS) is 12.6. The van der Waals surface area contributed by atoms with Crippen molar-refractivity contribution in [2.24, 2.45) is 5.73 Å². The number of amides is 1. The molecule has 78 valence electrons. The van der Waals surface area contributed by atoms with Crippen molar-refractivity contribution >= 4 is 17.2 Å². The first-order chi connectivity index (χ1) is 6.54. The summed E-state index contributed by atoms with van der Waals surface area (Å²) in [6.45, 7) is 5.92. The number of nitrogens with one attached hydrogen (secondary N) is 1. The molecule has 0 saturated heterocycles. The van der Waals surface area contributed by atoms with Crippen molar-refractivity contribution < 1.29 is 4.79 Å². The van der Waals surface area contributed by atoms with E-state index < -0.39 is 0 Å². The Morgan fingerprint density at radius 2 is 2.29 bits per heavy atom. The summed E-state index contributed by atoms with van der Waals surface area (Å²) in [5.41, 5.74) is 6.23. The summed E-state index contributed by atoms with van der Waals surface area (Å²) in [6.07, 6.45) is 0. The van der Waals surface area contributed by atoms with Crippen LogP contribution in [0.25, 0.3) is 0 Å². The number of carbonyl (C=O) groups is 1. The molecule has 0 saturated carbocycles. The van der Waals surface area contributed by atoms with Crippen LogP contribution in [-0.4, -0.2) is 17.4 Å². The Labute approximate surface area is 87.5 Å². The largest absolute Gasteiger partial charge is 0.346 e. The first kappa shape index (κ1) is 11.1. The van der Waals surface area contributed by atoms with Crippen LogP contribution < -0.4 is 11.1 Å². The number of nitrogens with two attached hydrogens (primary N) is 1. The van der Waals surface area contributed by atoms with Gasteiger partial charge in [-0.25, -0.2) is 4.98 Å². The zero-order chi connectivity index (χ0) is 10.7. The van der Waals surface area contributed by atoms with Gasteiger partial charge in [0.15, 0.2) is 0 Å². The van der Waals surface area contributed by atoms with Crippen molar-refractivity contribution in [3.05, 3.63) is 15.6 Å². The van der Waals surface area contributed by atoms with Gasteiger partial charge in [0.25, 0.3) is 0 Å². The molecule has 3 N–H and O–H groups in total. The molecule has 1 amide bonds. The van der Waals surface area contributed by atoms with Gasteiger partial charge < -0.3 is 11.1 Å². The molecule has 14 heavy (non-hydrogen) atoms. The van der Waals surface area contributed by atoms with E-state index in [9.17, 15) is 4.79 Å². The lowest BCUT2D eigenvalue weighted by molar-refractivity contribution is -0.120. The molecule has 0 aliphatic heterocycles. The van der Waals surface area contributed by atoms with Crippen molar-refractivity contribution in [3.63, 3.8) is 0 Å². The number of rotatable bonds is 3. The molecule has 1 rings (SSSR count). The molecule has 1 aromatic rings. The average molecular weight is 213 g/mol. The van der Waals surface area contributed by atoms with Gasteiger partial charge in [0.1, 0.15) is 5.01 Å². The van der Waals surface area contributed by atoms with Crippen LogP contribution >= 0.6 is 11.3 Å². The molecule has 0 aliphatic carbocycles. The minimum absolute atomic E-state index is 0.0215. The molecule has 1 unspecified atom stereocenters. The predicted octanol–water partition coefficient (Wildman–Crippen LogP) is 0.896. The second-order valence-electron chi connectivity index (χ2n) is 3.19. The smallest absolute Gasteiger partial charge is 0.234 e. The van der Waals surface area contributed by atoms with Gasteiger partial charge in [0.2, 0.25) is 5.91 Å². The fraction of sp³-hybridized carbons (Fsp3) is 0.556. The zero-order valence-corrected chi connectivity index (χ0v) is 9.44. The highest BCUT2D eigenvalue weighted by atomic mass is 32.1. The lowest BCUT2D eigenvalue weighted by Crippen LogP contribution is -2.32. The minimum atomic E-state index is -0.150. The third-order valence-electron chi connectivity index (χ3n) is 1.98. The van der Waals surface area contributed by atoms with Crippen LogP contribution in [0.1, 0.15) is 28.5 Å². The van der Waals surface area contributed by atoms with Crippen LogP contribution in [-0.2, 0) is 4.79 Å². The van der Waals surface area contributed by atoms with E-state index in [0.29, 0.717) is 0 Å². The van der Waals surface area contributed by atoms with Gasteiger partial charge in [-0.15, -0.1) is 11.3 Å². The molecular weight excluding hydrogens is 198 g/mol. The molecule has 1 heterocycles. The highest BCUT2D eigenvalue weighted by Crippen LogP contribution is 2.22. The van der Waals surface area contributed by atoms with E-state index in [4.69, 9.17) is 5.73 Å². The second-order valence-corrected chi connectivity index (χ2v) is 4.42. The Kier molecular flexibility index (Phi) is 3.60. The van der Waals surface area contributed by atoms with Gasteiger partial charge >= 0.3 is 0 Å². The molecule has 0 radical (unpaired) electrons. The summed E-state index contributed by atoms with van der Waals surface area (Å²) < 4.78 is 0. The Morgan fingerprint density at radius 3 is 2.71 bits per heavy atom. The molecule has 0 bridgehead atoms. The Morgan fingerprint density at radius 1 is 1.64 bits per heavy atom. The van der Waals surface area contributed by atoms with Gasteiger partial charge in [0, 0.05) is 4.88 Å². The third kappa shape index (κ3) is 2.52. The molecular formula is C9H15N3OS. The van der Waals surface area contributed by atoms with E-state index in [1.807, 2.05) is 20.8 Å². The predicted molar refractivity (Wildman–Crippen MR) is 57.2 cm³/mol. The summed E-state index contributed by atoms with van der Waals surface area (Å²) >= 11 is 1.61. The van der Waals surface area contributed by atoms with E-state index in [1.54, 1.807) is 11.3 Å². The molecule has 4 nitrogen and oxygen atoms in total. The zero-order valence-electron chi connectivity index (χ0n) is 8.63. The van der Waals surface area contributed by atoms with Crippen LogP contribution in [0.2, 0.25) is 0 Å². The molecule has 1 atom stereocenters. The van der Waals surface area contributed by atoms with E-state index in [-0.39, 0.29) is 18.5 Å². The molecule has 0 aliphatic rings. The van der Waals surface area contributed by atoms with Crippen LogP contribution in [0, 0.1) is 13.8 Å². The van der Waals surface area contributed by atoms with Gasteiger partial charge in [-0.3, -0.25) is 4.79 Å². The summed E-state index contributed by atoms with van der Waals surface area (Å²) in [7, 11) is 0. The van der Waals surface area contributed by atoms with Crippen LogP contribution in [0.15, 0.2) is 0 Å². The SMILES string of the molecule is Cc1nc(C(C)NC(=O)CN)sc1C. The molecule has 0 aromatic carbocycles. The lowest BCUT2D eigenvalue weighted by Gasteiger charge is -2.09. The van der Waals surface area contributed by atoms with Crippen molar-refractivity contribution in [2.75, 3.05) is 6.54 Å². The van der Waals surface area contributed by atoms with E-state index in [1.165, 1.54) is 4.88 Å². The quantitative estimate of drug-likeness (QED) is 0.783. The maximum absolute atomic E-state index is 11.0. The third-order valence-corrected chi connectivity index (χ3v) is 3.23. The van der Waals surface area contributed by atoms with Gasteiger partial charge in [0.05, 0.1) is 18.3 Å². The van der Waals surface area contributed by atoms with Crippen molar-refractivity contribution in [1.29, 1.82) is 0 Å². The van der Waals surface area contributed by atoms with E-state index in [2.05, 4.69) is 10.3 Å². The summed E-state index contributed by atoms with van der Waals surface area (Å²) in [5.74, 6) is -0.150. The molecule has 0 fully saturated rings. The number of carbonyl (C=O) groups excluding carboxylic acids is 1. The topological polar surface area (TPSA) is 68.0 Å². The van der Waals surface area contributed by atoms with Gasteiger partial charge in [-0.2, -0.15) is 0 Å². The van der Waals surface area contributed by atoms with Crippen molar-refractivity contribution in [2.45, 2.75) is 26.8 Å². The number of hydrogen-bond donors (Lipinski definition) is 2. The summed E-state index contributed by atoms with van der Waals surface area (Å²) in [6, 6.07) is -0.0524. The standard InChI is InChI=1S/C9H15N3OS/c1-5-7(3)14-9(12-5)6(2)11-8(13)4-10/h6H,4,10H2,1-3H3,(H,11,13). The van der Waals surface area contributed by atoms with E-state index >= 15 is 0 Å². The van der Waals surface area contributed by atoms with Crippen LogP contribution in [0.3, 0.4) is 0 Å². The fourth-order valence-electron chi connectivity index (χ4n) is 1.04. The van der Waals surface area contributed by atoms with Crippen molar-refractivity contribution in [1.82, 2.24) is 10.3 Å². The number of aromatic nitrogens is 1. The average Bonchev–Trinajstić information content (AvgIpc) is 2.47. The van der Waals surface area contributed by atoms with Crippen molar-refractivity contribution in [3.8, 4) is 0 Å². The molecule has 1 aromatic heterocycles. The highest BCUT2D eigenvalue weighted by molar-refractivity contribution is 7.11. The van der Waals surface area contributed by atoms with Gasteiger partial charge in [-0.1, -0.05) is 0 Å². The highest BCUT2D eigenvalue weighted by Gasteiger charge is 2.13. The molecule has 5 heteroatoms. The maximum Gasteiger partial charge on any atom is 0.234 e. The molecule has 0 spiro atoms. The van der Waals surface area contributed by atoms with Crippen LogP contribution in [0.4, 0.5) is 0 Å². The van der Waals surface area contributed by atoms with Gasteiger partial charge in [-0.05, 0) is 20.8 Å². The summed E-state index contributed by atoms with van der Waals surface area (Å²) in [5, 5.41) is 3.70. The Bertz CT molecular complexity index is 315. The Hall–Kier alpha value is -0.940. The minimum Gasteiger partial charge on any atom is -0.346 e. The number of nitrogens with zero attached hydrogens (tertiary/aromatic N) is 1. The Balaban J connectivity index is 2.69. The first-order valence-corrected chi connectivity index (χ1v) is 5.29.